The smallest absolute Gasteiger partial charge is 0.293 e. The highest BCUT2D eigenvalue weighted by Gasteiger charge is 2.34. The van der Waals surface area contributed by atoms with E-state index in [1.807, 2.05) is 48.5 Å². The van der Waals surface area contributed by atoms with Gasteiger partial charge in [-0.3, -0.25) is 14.5 Å². The summed E-state index contributed by atoms with van der Waals surface area (Å²) in [7, 11) is 0. The van der Waals surface area contributed by atoms with Gasteiger partial charge in [-0.25, -0.2) is 4.39 Å². The van der Waals surface area contributed by atoms with Crippen LogP contribution in [0.2, 0.25) is 0 Å². The molecule has 156 valence electrons. The van der Waals surface area contributed by atoms with E-state index >= 15 is 0 Å². The maximum Gasteiger partial charge on any atom is 0.293 e. The fourth-order valence-corrected chi connectivity index (χ4v) is 4.07. The van der Waals surface area contributed by atoms with Gasteiger partial charge in [0.1, 0.15) is 18.2 Å². The molecule has 0 atom stereocenters. The lowest BCUT2D eigenvalue weighted by molar-refractivity contribution is -0.123. The van der Waals surface area contributed by atoms with Crippen LogP contribution in [-0.2, 0) is 17.9 Å². The highest BCUT2D eigenvalue weighted by atomic mass is 79.9. The van der Waals surface area contributed by atoms with E-state index in [9.17, 15) is 14.0 Å². The molecule has 0 bridgehead atoms. The molecule has 3 aromatic rings. The number of amides is 2. The molecule has 0 spiro atoms. The van der Waals surface area contributed by atoms with Crippen molar-refractivity contribution >= 4 is 44.9 Å². The summed E-state index contributed by atoms with van der Waals surface area (Å²) in [5.74, 6) is 0.00132. The topological polar surface area (TPSA) is 46.6 Å². The zero-order chi connectivity index (χ0) is 21.8. The number of carbonyl (C=O) groups excluding carboxylic acids is 2. The summed E-state index contributed by atoms with van der Waals surface area (Å²) in [5.41, 5.74) is 2.54. The van der Waals surface area contributed by atoms with Gasteiger partial charge in [0.05, 0.1) is 11.4 Å². The molecule has 1 heterocycles. The van der Waals surface area contributed by atoms with Gasteiger partial charge in [-0.1, -0.05) is 52.3 Å². The summed E-state index contributed by atoms with van der Waals surface area (Å²) in [6, 6.07) is 21.0. The molecule has 0 aromatic heterocycles. The van der Waals surface area contributed by atoms with Crippen molar-refractivity contribution in [2.75, 3.05) is 0 Å². The molecule has 7 heteroatoms. The second-order valence-electron chi connectivity index (χ2n) is 6.88. The number of rotatable bonds is 6. The van der Waals surface area contributed by atoms with E-state index in [0.717, 1.165) is 27.4 Å². The number of carbonyl (C=O) groups is 2. The van der Waals surface area contributed by atoms with Crippen LogP contribution in [0.25, 0.3) is 6.08 Å². The van der Waals surface area contributed by atoms with E-state index in [1.165, 1.54) is 17.0 Å². The number of ether oxygens (including phenoxy) is 1. The molecule has 1 saturated heterocycles. The molecule has 31 heavy (non-hydrogen) atoms. The van der Waals surface area contributed by atoms with Crippen molar-refractivity contribution in [3.8, 4) is 5.75 Å². The molecule has 4 rings (SSSR count). The molecule has 0 aliphatic carbocycles. The largest absolute Gasteiger partial charge is 0.489 e. The lowest BCUT2D eigenvalue weighted by Crippen LogP contribution is -2.27. The summed E-state index contributed by atoms with van der Waals surface area (Å²) in [6.07, 6.45) is 1.69. The van der Waals surface area contributed by atoms with Crippen LogP contribution in [0.4, 0.5) is 9.18 Å². The first-order valence-corrected chi connectivity index (χ1v) is 11.1. The maximum absolute atomic E-state index is 13.1. The molecule has 1 aliphatic heterocycles. The number of hydrogen-bond donors (Lipinski definition) is 0. The fourth-order valence-electron chi connectivity index (χ4n) is 2.97. The van der Waals surface area contributed by atoms with Crippen LogP contribution in [0.3, 0.4) is 0 Å². The van der Waals surface area contributed by atoms with Gasteiger partial charge in [0, 0.05) is 4.47 Å². The molecule has 0 unspecified atom stereocenters. The van der Waals surface area contributed by atoms with Crippen LogP contribution in [0.1, 0.15) is 16.7 Å². The summed E-state index contributed by atoms with van der Waals surface area (Å²) in [6.45, 7) is 0.569. The Morgan fingerprint density at radius 2 is 1.55 bits per heavy atom. The van der Waals surface area contributed by atoms with Crippen molar-refractivity contribution in [3.63, 3.8) is 0 Å². The first kappa shape index (κ1) is 21.3. The average Bonchev–Trinajstić information content (AvgIpc) is 3.03. The molecule has 3 aromatic carbocycles. The van der Waals surface area contributed by atoms with Crippen LogP contribution in [0.15, 0.2) is 82.2 Å². The van der Waals surface area contributed by atoms with Gasteiger partial charge in [0.15, 0.2) is 0 Å². The molecule has 1 fully saturated rings. The van der Waals surface area contributed by atoms with Crippen LogP contribution < -0.4 is 4.74 Å². The highest BCUT2D eigenvalue weighted by molar-refractivity contribution is 9.10. The number of imide groups is 1. The van der Waals surface area contributed by atoms with E-state index in [2.05, 4.69) is 15.9 Å². The molecule has 0 radical (unpaired) electrons. The quantitative estimate of drug-likeness (QED) is 0.369. The molecule has 2 amide bonds. The van der Waals surface area contributed by atoms with Crippen molar-refractivity contribution in [1.82, 2.24) is 4.90 Å². The van der Waals surface area contributed by atoms with Gasteiger partial charge < -0.3 is 4.74 Å². The van der Waals surface area contributed by atoms with Crippen molar-refractivity contribution in [1.29, 1.82) is 0 Å². The predicted molar refractivity (Wildman–Crippen MR) is 123 cm³/mol. The van der Waals surface area contributed by atoms with Gasteiger partial charge in [0.25, 0.3) is 11.1 Å². The van der Waals surface area contributed by atoms with E-state index in [-0.39, 0.29) is 23.5 Å². The average molecular weight is 498 g/mol. The second-order valence-corrected chi connectivity index (χ2v) is 8.79. The summed E-state index contributed by atoms with van der Waals surface area (Å²) >= 11 is 4.31. The summed E-state index contributed by atoms with van der Waals surface area (Å²) in [5, 5.41) is -0.338. The normalized spacial score (nSPS) is 15.0. The zero-order valence-corrected chi connectivity index (χ0v) is 18.7. The van der Waals surface area contributed by atoms with Crippen LogP contribution in [-0.4, -0.2) is 16.0 Å². The van der Waals surface area contributed by atoms with Crippen LogP contribution in [0.5, 0.6) is 5.75 Å². The van der Waals surface area contributed by atoms with E-state index < -0.39 is 0 Å². The van der Waals surface area contributed by atoms with E-state index in [4.69, 9.17) is 4.74 Å². The molecule has 0 N–H and O–H groups in total. The Morgan fingerprint density at radius 1 is 0.903 bits per heavy atom. The summed E-state index contributed by atoms with van der Waals surface area (Å²) in [4.78, 5) is 26.5. The molecular formula is C24H17BrFNO3S. The number of benzene rings is 3. The minimum Gasteiger partial charge on any atom is -0.489 e. The number of halogens is 2. The Bertz CT molecular complexity index is 1130. The lowest BCUT2D eigenvalue weighted by Gasteiger charge is -2.12. The second kappa shape index (κ2) is 9.49. The van der Waals surface area contributed by atoms with Crippen molar-refractivity contribution in [2.24, 2.45) is 0 Å². The minimum absolute atomic E-state index is 0.116. The third kappa shape index (κ3) is 5.42. The van der Waals surface area contributed by atoms with E-state index in [0.29, 0.717) is 22.8 Å². The van der Waals surface area contributed by atoms with Crippen molar-refractivity contribution in [2.45, 2.75) is 13.2 Å². The highest BCUT2D eigenvalue weighted by Crippen LogP contribution is 2.33. The number of thioether (sulfide) groups is 1. The maximum atomic E-state index is 13.1. The van der Waals surface area contributed by atoms with Gasteiger partial charge in [-0.15, -0.1) is 0 Å². The van der Waals surface area contributed by atoms with Crippen LogP contribution in [0, 0.1) is 5.82 Å². The lowest BCUT2D eigenvalue weighted by atomic mass is 10.2. The van der Waals surface area contributed by atoms with Gasteiger partial charge in [0.2, 0.25) is 0 Å². The van der Waals surface area contributed by atoms with Gasteiger partial charge in [-0.05, 0) is 70.9 Å². The third-order valence-corrected chi connectivity index (χ3v) is 6.06. The Kier molecular flexibility index (Phi) is 6.53. The van der Waals surface area contributed by atoms with Crippen molar-refractivity contribution in [3.05, 3.63) is 105 Å². The van der Waals surface area contributed by atoms with Gasteiger partial charge in [-0.2, -0.15) is 0 Å². The van der Waals surface area contributed by atoms with Gasteiger partial charge >= 0.3 is 0 Å². The molecule has 1 aliphatic rings. The standard InChI is InChI=1S/C24H17BrFNO3S/c25-19-7-1-18(2-8-19)15-30-21-11-5-16(6-12-21)13-22-23(28)27(24(29)31-22)14-17-3-9-20(26)10-4-17/h1-13H,14-15H2/b22-13-. The zero-order valence-electron chi connectivity index (χ0n) is 16.3. The van der Waals surface area contributed by atoms with E-state index in [1.54, 1.807) is 18.2 Å². The predicted octanol–water partition coefficient (Wildman–Crippen LogP) is 6.40. The number of nitrogens with zero attached hydrogens (tertiary/aromatic N) is 1. The Morgan fingerprint density at radius 3 is 2.23 bits per heavy atom. The SMILES string of the molecule is O=C1S/C(=C\c2ccc(OCc3ccc(Br)cc3)cc2)C(=O)N1Cc1ccc(F)cc1. The Labute approximate surface area is 191 Å². The monoisotopic (exact) mass is 497 g/mol. The molecular weight excluding hydrogens is 481 g/mol. The van der Waals surface area contributed by atoms with Crippen molar-refractivity contribution < 1.29 is 18.7 Å². The Balaban J connectivity index is 1.39. The number of hydrogen-bond acceptors (Lipinski definition) is 4. The fraction of sp³-hybridized carbons (Fsp3) is 0.0833. The molecule has 0 saturated carbocycles. The Hall–Kier alpha value is -2.90. The third-order valence-electron chi connectivity index (χ3n) is 4.62. The van der Waals surface area contributed by atoms with Crippen LogP contribution >= 0.6 is 27.7 Å². The summed E-state index contributed by atoms with van der Waals surface area (Å²) < 4.78 is 19.9. The first-order valence-electron chi connectivity index (χ1n) is 9.45. The minimum atomic E-state index is -0.359. The molecule has 4 nitrogen and oxygen atoms in total. The first-order chi connectivity index (χ1) is 15.0.